The van der Waals surface area contributed by atoms with Crippen LogP contribution in [0.25, 0.3) is 10.8 Å². The first-order valence-electron chi connectivity index (χ1n) is 19.7. The SMILES string of the molecule is Brc1ccccc1Sc1ccccc1I.Cc1ccc(Sc2ccccc2I)cc1.Cc1cccc(Sc2ccccc2I)c1.Ic1ccccc1Sc1ccc2ccccc2c1. The van der Waals surface area contributed by atoms with Crippen LogP contribution in [-0.4, -0.2) is 0 Å². The summed E-state index contributed by atoms with van der Waals surface area (Å²) >= 11 is 20.3. The van der Waals surface area contributed by atoms with Crippen LogP contribution in [0.3, 0.4) is 0 Å². The van der Waals surface area contributed by atoms with E-state index in [0.29, 0.717) is 0 Å². The van der Waals surface area contributed by atoms with Crippen molar-refractivity contribution in [1.82, 2.24) is 0 Å². The van der Waals surface area contributed by atoms with Crippen LogP contribution in [0.4, 0.5) is 0 Å². The van der Waals surface area contributed by atoms with Crippen molar-refractivity contribution in [1.29, 1.82) is 0 Å². The van der Waals surface area contributed by atoms with Gasteiger partial charge in [0, 0.05) is 57.9 Å². The van der Waals surface area contributed by atoms with Gasteiger partial charge in [0.15, 0.2) is 0 Å². The molecule has 0 nitrogen and oxygen atoms in total. The van der Waals surface area contributed by atoms with Crippen molar-refractivity contribution in [2.24, 2.45) is 0 Å². The molecular formula is C54H41BrI4S4. The van der Waals surface area contributed by atoms with Gasteiger partial charge in [0.05, 0.1) is 0 Å². The minimum atomic E-state index is 1.15. The molecule has 0 N–H and O–H groups in total. The van der Waals surface area contributed by atoms with E-state index in [1.165, 1.54) is 75.3 Å². The molecule has 63 heavy (non-hydrogen) atoms. The van der Waals surface area contributed by atoms with Crippen molar-refractivity contribution < 1.29 is 0 Å². The fourth-order valence-electron chi connectivity index (χ4n) is 5.65. The van der Waals surface area contributed by atoms with Crippen molar-refractivity contribution in [2.75, 3.05) is 0 Å². The molecule has 9 aromatic carbocycles. The van der Waals surface area contributed by atoms with E-state index < -0.39 is 0 Å². The van der Waals surface area contributed by atoms with Crippen molar-refractivity contribution in [3.05, 3.63) is 242 Å². The molecule has 0 fully saturated rings. The molecule has 0 radical (unpaired) electrons. The number of hydrogen-bond donors (Lipinski definition) is 0. The maximum Gasteiger partial charge on any atom is 0.0314 e. The second-order valence-corrected chi connectivity index (χ2v) is 23.6. The molecule has 0 aliphatic carbocycles. The third-order valence-electron chi connectivity index (χ3n) is 8.82. The zero-order chi connectivity index (χ0) is 44.4. The van der Waals surface area contributed by atoms with Crippen LogP contribution in [0, 0.1) is 28.1 Å². The average molecular weight is 1410 g/mol. The molecule has 316 valence electrons. The molecule has 0 aliphatic heterocycles. The predicted molar refractivity (Wildman–Crippen MR) is 314 cm³/mol. The standard InChI is InChI=1S/C16H11IS.2C13H11IS.C12H8BrIS/c17-15-7-3-4-8-16(15)18-14-10-9-12-5-1-2-6-13(12)11-14;1-10-5-4-6-11(9-10)15-13-8-3-2-7-12(13)14;1-10-6-8-11(9-7-10)15-13-5-3-2-4-12(13)14;13-9-5-1-3-7-11(9)15-12-8-4-2-6-10(12)14/h1-11H;2*2-9H,1H3;1-8H. The number of fused-ring (bicyclic) bond motifs is 1. The summed E-state index contributed by atoms with van der Waals surface area (Å²) in [6, 6.07) is 74.4. The highest BCUT2D eigenvalue weighted by molar-refractivity contribution is 14.1. The minimum absolute atomic E-state index is 1.15. The fourth-order valence-corrected chi connectivity index (χ4v) is 12.6. The molecule has 0 amide bonds. The van der Waals surface area contributed by atoms with Crippen LogP contribution in [0.15, 0.2) is 256 Å². The number of halogens is 5. The smallest absolute Gasteiger partial charge is 0.0314 e. The quantitative estimate of drug-likeness (QED) is 0.139. The molecule has 9 aromatic rings. The van der Waals surface area contributed by atoms with Crippen molar-refractivity contribution in [2.45, 2.75) is 53.0 Å². The van der Waals surface area contributed by atoms with Gasteiger partial charge in [0.25, 0.3) is 0 Å². The highest BCUT2D eigenvalue weighted by Crippen LogP contribution is 2.36. The maximum absolute atomic E-state index is 3.56. The Labute approximate surface area is 453 Å². The van der Waals surface area contributed by atoms with Crippen LogP contribution in [-0.2, 0) is 0 Å². The maximum atomic E-state index is 3.56. The molecule has 0 atom stereocenters. The van der Waals surface area contributed by atoms with Gasteiger partial charge in [-0.05, 0) is 228 Å². The molecule has 0 unspecified atom stereocenters. The lowest BCUT2D eigenvalue weighted by atomic mass is 10.1. The van der Waals surface area contributed by atoms with E-state index in [2.05, 4.69) is 326 Å². The van der Waals surface area contributed by atoms with E-state index in [4.69, 9.17) is 0 Å². The summed E-state index contributed by atoms with van der Waals surface area (Å²) in [6.07, 6.45) is 0. The molecule has 9 rings (SSSR count). The molecule has 0 aliphatic rings. The van der Waals surface area contributed by atoms with E-state index in [1.807, 2.05) is 41.4 Å². The molecule has 0 aromatic heterocycles. The Morgan fingerprint density at radius 3 is 1.19 bits per heavy atom. The Bertz CT molecular complexity index is 2810. The van der Waals surface area contributed by atoms with Gasteiger partial charge < -0.3 is 0 Å². The lowest BCUT2D eigenvalue weighted by Gasteiger charge is -2.05. The largest absolute Gasteiger partial charge is 0.0890 e. The Hall–Kier alpha value is -1.96. The molecule has 9 heteroatoms. The van der Waals surface area contributed by atoms with Crippen LogP contribution >= 0.6 is 153 Å². The first kappa shape index (κ1) is 50.5. The molecule has 0 saturated heterocycles. The summed E-state index contributed by atoms with van der Waals surface area (Å²) in [5.74, 6) is 0. The van der Waals surface area contributed by atoms with Gasteiger partial charge in [-0.2, -0.15) is 0 Å². The average Bonchev–Trinajstić information content (AvgIpc) is 3.29. The Morgan fingerprint density at radius 1 is 0.302 bits per heavy atom. The van der Waals surface area contributed by atoms with Gasteiger partial charge >= 0.3 is 0 Å². The van der Waals surface area contributed by atoms with E-state index in [1.54, 1.807) is 11.8 Å². The van der Waals surface area contributed by atoms with Gasteiger partial charge in [0.1, 0.15) is 0 Å². The van der Waals surface area contributed by atoms with E-state index in [9.17, 15) is 0 Å². The Kier molecular flexibility index (Phi) is 21.6. The van der Waals surface area contributed by atoms with E-state index in [0.717, 1.165) is 4.47 Å². The van der Waals surface area contributed by atoms with Crippen LogP contribution in [0.5, 0.6) is 0 Å². The van der Waals surface area contributed by atoms with Gasteiger partial charge in [-0.3, -0.25) is 0 Å². The van der Waals surface area contributed by atoms with Crippen molar-refractivity contribution >= 4 is 164 Å². The number of benzene rings is 9. The predicted octanol–water partition coefficient (Wildman–Crippen LogP) is 20.3. The van der Waals surface area contributed by atoms with Crippen LogP contribution < -0.4 is 0 Å². The summed E-state index contributed by atoms with van der Waals surface area (Å²) in [7, 11) is 0. The molecular weight excluding hydrogens is 1360 g/mol. The molecule has 0 spiro atoms. The first-order chi connectivity index (χ1) is 30.6. The Balaban J connectivity index is 0.000000140. The topological polar surface area (TPSA) is 0 Å². The summed E-state index contributed by atoms with van der Waals surface area (Å²) in [6.45, 7) is 4.24. The monoisotopic (exact) mass is 1400 g/mol. The third-order valence-corrected chi connectivity index (χ3v) is 19.4. The van der Waals surface area contributed by atoms with Gasteiger partial charge in [-0.1, -0.05) is 173 Å². The second kappa shape index (κ2) is 27.0. The molecule has 0 bridgehead atoms. The summed E-state index contributed by atoms with van der Waals surface area (Å²) in [5, 5.41) is 2.60. The van der Waals surface area contributed by atoms with Gasteiger partial charge in [-0.25, -0.2) is 0 Å². The zero-order valence-electron chi connectivity index (χ0n) is 34.2. The number of aryl methyl sites for hydroxylation is 2. The van der Waals surface area contributed by atoms with Gasteiger partial charge in [-0.15, -0.1) is 0 Å². The number of hydrogen-bond acceptors (Lipinski definition) is 4. The zero-order valence-corrected chi connectivity index (χ0v) is 47.7. The highest BCUT2D eigenvalue weighted by Gasteiger charge is 2.06. The normalized spacial score (nSPS) is 10.4. The van der Waals surface area contributed by atoms with Crippen molar-refractivity contribution in [3.63, 3.8) is 0 Å². The van der Waals surface area contributed by atoms with E-state index >= 15 is 0 Å². The lowest BCUT2D eigenvalue weighted by Crippen LogP contribution is -1.79. The summed E-state index contributed by atoms with van der Waals surface area (Å²) < 4.78 is 6.35. The summed E-state index contributed by atoms with van der Waals surface area (Å²) in [4.78, 5) is 10.4. The molecule has 0 saturated carbocycles. The fraction of sp³-hybridized carbons (Fsp3) is 0.0370. The first-order valence-corrected chi connectivity index (χ1v) is 28.0. The number of rotatable bonds is 8. The van der Waals surface area contributed by atoms with Gasteiger partial charge in [0.2, 0.25) is 0 Å². The molecule has 0 heterocycles. The third kappa shape index (κ3) is 17.0. The second-order valence-electron chi connectivity index (χ2n) is 13.7. The van der Waals surface area contributed by atoms with Crippen molar-refractivity contribution in [3.8, 4) is 0 Å². The Morgan fingerprint density at radius 2 is 0.698 bits per heavy atom. The van der Waals surface area contributed by atoms with Crippen LogP contribution in [0.1, 0.15) is 11.1 Å². The highest BCUT2D eigenvalue weighted by atomic mass is 127. The van der Waals surface area contributed by atoms with E-state index in [-0.39, 0.29) is 0 Å². The minimum Gasteiger partial charge on any atom is -0.0890 e. The lowest BCUT2D eigenvalue weighted by molar-refractivity contribution is 1.33. The van der Waals surface area contributed by atoms with Crippen LogP contribution in [0.2, 0.25) is 0 Å². The summed E-state index contributed by atoms with van der Waals surface area (Å²) in [5.41, 5.74) is 2.62.